The van der Waals surface area contributed by atoms with E-state index in [4.69, 9.17) is 5.41 Å². The Bertz CT molecular complexity index is 101. The van der Waals surface area contributed by atoms with Crippen molar-refractivity contribution in [3.8, 4) is 0 Å². The van der Waals surface area contributed by atoms with Crippen LogP contribution in [-0.4, -0.2) is 24.3 Å². The van der Waals surface area contributed by atoms with Crippen LogP contribution in [0.3, 0.4) is 0 Å². The summed E-state index contributed by atoms with van der Waals surface area (Å²) in [5, 5.41) is 6.95. The molecule has 0 aliphatic carbocycles. The third-order valence-corrected chi connectivity index (χ3v) is 1.91. The summed E-state index contributed by atoms with van der Waals surface area (Å²) in [6.45, 7) is 5.94. The molecular formula is C7H13N2. The van der Waals surface area contributed by atoms with Crippen LogP contribution in [0.2, 0.25) is 0 Å². The third-order valence-electron chi connectivity index (χ3n) is 1.91. The van der Waals surface area contributed by atoms with Gasteiger partial charge in [-0.2, -0.15) is 0 Å². The van der Waals surface area contributed by atoms with E-state index in [0.29, 0.717) is 0 Å². The molecule has 1 saturated heterocycles. The van der Waals surface area contributed by atoms with Crippen LogP contribution in [-0.2, 0) is 0 Å². The van der Waals surface area contributed by atoms with Crippen molar-refractivity contribution in [3.63, 3.8) is 0 Å². The molecule has 1 rings (SSSR count). The molecule has 9 heavy (non-hydrogen) atoms. The molecule has 0 unspecified atom stereocenters. The predicted octanol–water partition coefficient (Wildman–Crippen LogP) is 1.14. The van der Waals surface area contributed by atoms with Crippen LogP contribution in [0.1, 0.15) is 12.8 Å². The van der Waals surface area contributed by atoms with Crippen molar-refractivity contribution in [2.75, 3.05) is 13.1 Å². The van der Waals surface area contributed by atoms with Gasteiger partial charge in [0.05, 0.1) is 6.34 Å². The van der Waals surface area contributed by atoms with Crippen LogP contribution in [0.15, 0.2) is 0 Å². The lowest BCUT2D eigenvalue weighted by atomic mass is 10.1. The first kappa shape index (κ1) is 6.59. The molecule has 1 radical (unpaired) electrons. The molecule has 0 aromatic rings. The molecule has 1 heterocycles. The maximum Gasteiger partial charge on any atom is 0.0817 e. The normalized spacial score (nSPS) is 26.8. The van der Waals surface area contributed by atoms with E-state index in [1.165, 1.54) is 12.8 Å². The van der Waals surface area contributed by atoms with E-state index < -0.39 is 0 Å². The minimum absolute atomic E-state index is 0.742. The molecule has 0 bridgehead atoms. The van der Waals surface area contributed by atoms with Crippen LogP contribution in [0.5, 0.6) is 0 Å². The lowest BCUT2D eigenvalue weighted by Gasteiger charge is -2.08. The quantitative estimate of drug-likeness (QED) is 0.435. The van der Waals surface area contributed by atoms with Crippen molar-refractivity contribution in [3.05, 3.63) is 6.92 Å². The topological polar surface area (TPSA) is 27.1 Å². The number of rotatable bonds is 2. The molecule has 0 amide bonds. The van der Waals surface area contributed by atoms with Crippen LogP contribution < -0.4 is 0 Å². The maximum atomic E-state index is 6.95. The van der Waals surface area contributed by atoms with E-state index in [9.17, 15) is 0 Å². The van der Waals surface area contributed by atoms with Crippen LogP contribution in [0, 0.1) is 18.3 Å². The SMILES string of the molecule is [CH2]C[C@H]1CCN(C=N)C1. The average Bonchev–Trinajstić information content (AvgIpc) is 2.34. The van der Waals surface area contributed by atoms with Crippen molar-refractivity contribution in [1.29, 1.82) is 5.41 Å². The molecular weight excluding hydrogens is 112 g/mol. The van der Waals surface area contributed by atoms with Crippen LogP contribution in [0.4, 0.5) is 0 Å². The average molecular weight is 125 g/mol. The number of hydrogen-bond donors (Lipinski definition) is 1. The van der Waals surface area contributed by atoms with Gasteiger partial charge in [-0.3, -0.25) is 5.41 Å². The Balaban J connectivity index is 2.28. The molecule has 0 saturated carbocycles. The molecule has 1 N–H and O–H groups in total. The summed E-state index contributed by atoms with van der Waals surface area (Å²) < 4.78 is 0. The van der Waals surface area contributed by atoms with Gasteiger partial charge in [-0.15, -0.1) is 0 Å². The Labute approximate surface area is 56.4 Å². The summed E-state index contributed by atoms with van der Waals surface area (Å²) in [5.74, 6) is 0.742. The fourth-order valence-electron chi connectivity index (χ4n) is 1.22. The molecule has 1 atom stereocenters. The molecule has 1 aliphatic rings. The fraction of sp³-hybridized carbons (Fsp3) is 0.714. The van der Waals surface area contributed by atoms with E-state index in [1.807, 2.05) is 4.90 Å². The zero-order valence-electron chi connectivity index (χ0n) is 5.64. The molecule has 0 spiro atoms. The Kier molecular flexibility index (Phi) is 2.09. The number of likely N-dealkylation sites (tertiary alicyclic amines) is 1. The largest absolute Gasteiger partial charge is 0.363 e. The summed E-state index contributed by atoms with van der Waals surface area (Å²) in [7, 11) is 0. The Hall–Kier alpha value is -0.530. The van der Waals surface area contributed by atoms with Gasteiger partial charge in [-0.25, -0.2) is 0 Å². The molecule has 0 aromatic carbocycles. The minimum atomic E-state index is 0.742. The van der Waals surface area contributed by atoms with Crippen molar-refractivity contribution < 1.29 is 0 Å². The van der Waals surface area contributed by atoms with Gasteiger partial charge < -0.3 is 4.90 Å². The molecule has 2 nitrogen and oxygen atoms in total. The van der Waals surface area contributed by atoms with Gasteiger partial charge in [0.2, 0.25) is 0 Å². The van der Waals surface area contributed by atoms with Gasteiger partial charge in [0, 0.05) is 13.1 Å². The van der Waals surface area contributed by atoms with E-state index in [2.05, 4.69) is 6.92 Å². The number of nitrogens with one attached hydrogen (secondary N) is 1. The van der Waals surface area contributed by atoms with Gasteiger partial charge >= 0.3 is 0 Å². The first-order valence-corrected chi connectivity index (χ1v) is 3.40. The monoisotopic (exact) mass is 125 g/mol. The predicted molar refractivity (Wildman–Crippen MR) is 38.4 cm³/mol. The third kappa shape index (κ3) is 1.44. The first-order valence-electron chi connectivity index (χ1n) is 3.40. The molecule has 2 heteroatoms. The highest BCUT2D eigenvalue weighted by Gasteiger charge is 2.17. The van der Waals surface area contributed by atoms with Crippen molar-refractivity contribution >= 4 is 6.34 Å². The second-order valence-electron chi connectivity index (χ2n) is 2.57. The lowest BCUT2D eigenvalue weighted by molar-refractivity contribution is 0.490. The van der Waals surface area contributed by atoms with Gasteiger partial charge in [-0.1, -0.05) is 6.92 Å². The zero-order chi connectivity index (χ0) is 6.69. The molecule has 1 fully saturated rings. The van der Waals surface area contributed by atoms with Gasteiger partial charge in [0.15, 0.2) is 0 Å². The second kappa shape index (κ2) is 2.85. The van der Waals surface area contributed by atoms with Crippen molar-refractivity contribution in [2.24, 2.45) is 5.92 Å². The van der Waals surface area contributed by atoms with E-state index in [-0.39, 0.29) is 0 Å². The summed E-state index contributed by atoms with van der Waals surface area (Å²) in [4.78, 5) is 2.04. The maximum absolute atomic E-state index is 6.95. The summed E-state index contributed by atoms with van der Waals surface area (Å²) in [6.07, 6.45) is 3.67. The Morgan fingerprint density at radius 1 is 1.78 bits per heavy atom. The summed E-state index contributed by atoms with van der Waals surface area (Å²) in [6, 6.07) is 0. The van der Waals surface area contributed by atoms with Gasteiger partial charge in [0.25, 0.3) is 0 Å². The standard InChI is InChI=1S/C7H13N2/c1-2-7-3-4-9(5-7)6-8/h6-8H,1-5H2/t7-/m0/s1. The van der Waals surface area contributed by atoms with E-state index in [0.717, 1.165) is 25.4 Å². The molecule has 0 aromatic heterocycles. The summed E-state index contributed by atoms with van der Waals surface area (Å²) in [5.41, 5.74) is 0. The molecule has 1 aliphatic heterocycles. The first-order chi connectivity index (χ1) is 4.36. The fourth-order valence-corrected chi connectivity index (χ4v) is 1.22. The van der Waals surface area contributed by atoms with Crippen LogP contribution in [0.25, 0.3) is 0 Å². The van der Waals surface area contributed by atoms with E-state index >= 15 is 0 Å². The van der Waals surface area contributed by atoms with Crippen molar-refractivity contribution in [1.82, 2.24) is 4.90 Å². The molecule has 51 valence electrons. The zero-order valence-corrected chi connectivity index (χ0v) is 5.64. The Morgan fingerprint density at radius 2 is 2.56 bits per heavy atom. The van der Waals surface area contributed by atoms with Crippen molar-refractivity contribution in [2.45, 2.75) is 12.8 Å². The van der Waals surface area contributed by atoms with Gasteiger partial charge in [0.1, 0.15) is 0 Å². The van der Waals surface area contributed by atoms with E-state index in [1.54, 1.807) is 0 Å². The second-order valence-corrected chi connectivity index (χ2v) is 2.57. The highest BCUT2D eigenvalue weighted by molar-refractivity contribution is 5.50. The summed E-state index contributed by atoms with van der Waals surface area (Å²) >= 11 is 0. The highest BCUT2D eigenvalue weighted by atomic mass is 15.1. The minimum Gasteiger partial charge on any atom is -0.363 e. The van der Waals surface area contributed by atoms with Crippen LogP contribution >= 0.6 is 0 Å². The van der Waals surface area contributed by atoms with Gasteiger partial charge in [-0.05, 0) is 18.8 Å². The lowest BCUT2D eigenvalue weighted by Crippen LogP contribution is -2.17. The number of nitrogens with zero attached hydrogens (tertiary/aromatic N) is 1. The smallest absolute Gasteiger partial charge is 0.0817 e. The number of hydrogen-bond acceptors (Lipinski definition) is 1. The Morgan fingerprint density at radius 3 is 2.89 bits per heavy atom. The highest BCUT2D eigenvalue weighted by Crippen LogP contribution is 2.16.